The fourth-order valence-electron chi connectivity index (χ4n) is 2.51. The molecule has 0 atom stereocenters. The summed E-state index contributed by atoms with van der Waals surface area (Å²) >= 11 is 0. The van der Waals surface area contributed by atoms with E-state index < -0.39 is 5.82 Å². The summed E-state index contributed by atoms with van der Waals surface area (Å²) in [6, 6.07) is 5.91. The smallest absolute Gasteiger partial charge is 0.232 e. The molecule has 0 spiro atoms. The van der Waals surface area contributed by atoms with Crippen LogP contribution in [0.1, 0.15) is 18.9 Å². The lowest BCUT2D eigenvalue weighted by Crippen LogP contribution is -2.53. The molecule has 1 heterocycles. The van der Waals surface area contributed by atoms with Gasteiger partial charge in [-0.05, 0) is 26.1 Å². The van der Waals surface area contributed by atoms with Gasteiger partial charge in [0.1, 0.15) is 23.3 Å². The zero-order chi connectivity index (χ0) is 18.2. The number of hydrogen-bond acceptors (Lipinski definition) is 5. The molecule has 0 aromatic heterocycles. The fourth-order valence-corrected chi connectivity index (χ4v) is 2.51. The molecule has 7 nitrogen and oxygen atoms in total. The summed E-state index contributed by atoms with van der Waals surface area (Å²) in [7, 11) is 2.07. The van der Waals surface area contributed by atoms with Gasteiger partial charge in [0.15, 0.2) is 0 Å². The van der Waals surface area contributed by atoms with Crippen LogP contribution in [0.15, 0.2) is 23.2 Å². The number of nitrogens with zero attached hydrogens (tertiary/aromatic N) is 4. The molecule has 0 unspecified atom stereocenters. The zero-order valence-corrected chi connectivity index (χ0v) is 14.5. The van der Waals surface area contributed by atoms with Gasteiger partial charge in [-0.2, -0.15) is 5.26 Å². The molecule has 1 amide bonds. The van der Waals surface area contributed by atoms with Crippen molar-refractivity contribution in [3.8, 4) is 6.07 Å². The second kappa shape index (κ2) is 9.11. The summed E-state index contributed by atoms with van der Waals surface area (Å²) in [4.78, 5) is 18.8. The molecule has 8 heteroatoms. The Kier molecular flexibility index (Phi) is 6.86. The number of amidine groups is 1. The molecule has 1 fully saturated rings. The van der Waals surface area contributed by atoms with Crippen LogP contribution < -0.4 is 10.7 Å². The number of benzene rings is 1. The Balaban J connectivity index is 1.98. The van der Waals surface area contributed by atoms with Crippen LogP contribution in [0.25, 0.3) is 0 Å². The number of rotatable bonds is 5. The lowest BCUT2D eigenvalue weighted by molar-refractivity contribution is -0.115. The van der Waals surface area contributed by atoms with Crippen LogP contribution in [0.3, 0.4) is 0 Å². The van der Waals surface area contributed by atoms with E-state index in [1.54, 1.807) is 6.07 Å². The van der Waals surface area contributed by atoms with Crippen molar-refractivity contribution >= 4 is 17.4 Å². The number of amides is 1. The third-order valence-corrected chi connectivity index (χ3v) is 3.87. The molecular formula is C17H23FN6O. The number of hydrogen-bond donors (Lipinski definition) is 2. The first-order chi connectivity index (χ1) is 12.0. The number of carbonyl (C=O) groups excluding carboxylic acids is 1. The number of halogens is 1. The van der Waals surface area contributed by atoms with Gasteiger partial charge in [-0.3, -0.25) is 9.79 Å². The number of likely N-dealkylation sites (N-methyl/N-ethyl adjacent to an activating group) is 1. The maximum Gasteiger partial charge on any atom is 0.232 e. The maximum atomic E-state index is 13.6. The molecule has 0 bridgehead atoms. The minimum Gasteiger partial charge on any atom is -0.324 e. The molecule has 1 saturated heterocycles. The third-order valence-electron chi connectivity index (χ3n) is 3.87. The summed E-state index contributed by atoms with van der Waals surface area (Å²) in [6.45, 7) is 5.99. The van der Waals surface area contributed by atoms with E-state index in [-0.39, 0.29) is 23.6 Å². The van der Waals surface area contributed by atoms with Crippen molar-refractivity contribution in [2.45, 2.75) is 13.3 Å². The molecule has 1 aliphatic heterocycles. The molecule has 1 aromatic rings. The molecule has 0 saturated carbocycles. The van der Waals surface area contributed by atoms with Crippen LogP contribution in [0, 0.1) is 17.1 Å². The first kappa shape index (κ1) is 18.8. The molecule has 0 aliphatic carbocycles. The van der Waals surface area contributed by atoms with Crippen LogP contribution in [-0.2, 0) is 4.79 Å². The van der Waals surface area contributed by atoms with Crippen molar-refractivity contribution in [3.63, 3.8) is 0 Å². The molecule has 1 aliphatic rings. The highest BCUT2D eigenvalue weighted by molar-refractivity contribution is 6.05. The van der Waals surface area contributed by atoms with Gasteiger partial charge in [0.2, 0.25) is 5.91 Å². The Morgan fingerprint density at radius 2 is 2.08 bits per heavy atom. The highest BCUT2D eigenvalue weighted by atomic mass is 19.1. The van der Waals surface area contributed by atoms with E-state index in [4.69, 9.17) is 5.26 Å². The molecule has 134 valence electrons. The summed E-state index contributed by atoms with van der Waals surface area (Å²) in [5.74, 6) is -0.450. The molecule has 2 N–H and O–H groups in total. The van der Waals surface area contributed by atoms with E-state index in [0.29, 0.717) is 12.4 Å². The predicted octanol–water partition coefficient (Wildman–Crippen LogP) is 1.20. The van der Waals surface area contributed by atoms with E-state index in [1.807, 2.05) is 11.9 Å². The van der Waals surface area contributed by atoms with Crippen molar-refractivity contribution in [1.29, 1.82) is 5.26 Å². The van der Waals surface area contributed by atoms with Gasteiger partial charge in [0.05, 0.1) is 12.1 Å². The van der Waals surface area contributed by atoms with Crippen molar-refractivity contribution in [2.75, 3.05) is 45.1 Å². The van der Waals surface area contributed by atoms with Crippen LogP contribution in [-0.4, -0.2) is 61.4 Å². The summed E-state index contributed by atoms with van der Waals surface area (Å²) in [6.07, 6.45) is 0.0293. The third kappa shape index (κ3) is 5.52. The van der Waals surface area contributed by atoms with E-state index in [2.05, 4.69) is 27.7 Å². The molecule has 1 aromatic carbocycles. The Hall–Kier alpha value is -2.50. The molecule has 25 heavy (non-hydrogen) atoms. The van der Waals surface area contributed by atoms with Gasteiger partial charge in [-0.1, -0.05) is 6.07 Å². The topological polar surface area (TPSA) is 83.8 Å². The Labute approximate surface area is 147 Å². The normalized spacial score (nSPS) is 16.3. The van der Waals surface area contributed by atoms with E-state index in [0.717, 1.165) is 26.2 Å². The van der Waals surface area contributed by atoms with Gasteiger partial charge in [-0.15, -0.1) is 0 Å². The van der Waals surface area contributed by atoms with Crippen LogP contribution in [0.5, 0.6) is 0 Å². The quantitative estimate of drug-likeness (QED) is 0.618. The highest BCUT2D eigenvalue weighted by Crippen LogP contribution is 2.17. The van der Waals surface area contributed by atoms with Gasteiger partial charge in [0, 0.05) is 32.7 Å². The number of carbonyl (C=O) groups is 1. The number of nitriles is 1. The van der Waals surface area contributed by atoms with Crippen LogP contribution in [0.4, 0.5) is 10.1 Å². The molecule has 2 rings (SSSR count). The zero-order valence-electron chi connectivity index (χ0n) is 14.5. The second-order valence-corrected chi connectivity index (χ2v) is 5.82. The fraction of sp³-hybridized carbons (Fsp3) is 0.471. The summed E-state index contributed by atoms with van der Waals surface area (Å²) in [5, 5.41) is 13.6. The predicted molar refractivity (Wildman–Crippen MR) is 94.5 cm³/mol. The highest BCUT2D eigenvalue weighted by Gasteiger charge is 2.17. The molecular weight excluding hydrogens is 323 g/mol. The molecule has 0 radical (unpaired) electrons. The van der Waals surface area contributed by atoms with E-state index in [1.165, 1.54) is 18.2 Å². The van der Waals surface area contributed by atoms with E-state index >= 15 is 0 Å². The van der Waals surface area contributed by atoms with Crippen molar-refractivity contribution in [1.82, 2.24) is 15.3 Å². The first-order valence-electron chi connectivity index (χ1n) is 8.25. The summed E-state index contributed by atoms with van der Waals surface area (Å²) < 4.78 is 13.6. The Morgan fingerprint density at radius 1 is 1.36 bits per heavy atom. The summed E-state index contributed by atoms with van der Waals surface area (Å²) in [5.41, 5.74) is 3.19. The lowest BCUT2D eigenvalue weighted by Gasteiger charge is -2.33. The average Bonchev–Trinajstić information content (AvgIpc) is 2.57. The average molecular weight is 346 g/mol. The van der Waals surface area contributed by atoms with Gasteiger partial charge < -0.3 is 15.6 Å². The first-order valence-corrected chi connectivity index (χ1v) is 8.25. The standard InChI is InChI=1S/C17H23FN6O/c1-3-20-16(22-24-9-7-23(2)8-10-24)11-17(25)21-15-6-4-5-14(18)13(15)12-19/h4-6H,3,7-11H2,1-2H3,(H,20,22)(H,21,25). The Bertz CT molecular complexity index is 676. The van der Waals surface area contributed by atoms with Crippen molar-refractivity contribution < 1.29 is 9.18 Å². The van der Waals surface area contributed by atoms with E-state index in [9.17, 15) is 9.18 Å². The number of hydrazine groups is 1. The minimum atomic E-state index is -0.654. The monoisotopic (exact) mass is 346 g/mol. The SMILES string of the molecule is CCN=C(CC(=O)Nc1cccc(F)c1C#N)NN1CCN(C)CC1. The van der Waals surface area contributed by atoms with Crippen molar-refractivity contribution in [3.05, 3.63) is 29.6 Å². The van der Waals surface area contributed by atoms with Gasteiger partial charge >= 0.3 is 0 Å². The lowest BCUT2D eigenvalue weighted by atomic mass is 10.2. The maximum absolute atomic E-state index is 13.6. The number of nitrogens with one attached hydrogen (secondary N) is 2. The largest absolute Gasteiger partial charge is 0.324 e. The van der Waals surface area contributed by atoms with Gasteiger partial charge in [-0.25, -0.2) is 9.40 Å². The van der Waals surface area contributed by atoms with Crippen LogP contribution >= 0.6 is 0 Å². The van der Waals surface area contributed by atoms with Crippen LogP contribution in [0.2, 0.25) is 0 Å². The minimum absolute atomic E-state index is 0.0293. The Morgan fingerprint density at radius 3 is 2.72 bits per heavy atom. The number of anilines is 1. The van der Waals surface area contributed by atoms with Crippen molar-refractivity contribution in [2.24, 2.45) is 4.99 Å². The second-order valence-electron chi connectivity index (χ2n) is 5.82. The number of piperazine rings is 1. The number of aliphatic imine (C=N–C) groups is 1. The van der Waals surface area contributed by atoms with Gasteiger partial charge in [0.25, 0.3) is 0 Å².